The zero-order valence-corrected chi connectivity index (χ0v) is 13.1. The second-order valence-electron chi connectivity index (χ2n) is 5.16. The average Bonchev–Trinajstić information content (AvgIpc) is 2.59. The van der Waals surface area contributed by atoms with Gasteiger partial charge in [0, 0.05) is 5.39 Å². The molecular weight excluding hydrogens is 292 g/mol. The topological polar surface area (TPSA) is 68.3 Å². The maximum atomic E-state index is 12.4. The van der Waals surface area contributed by atoms with Gasteiger partial charge in [-0.1, -0.05) is 30.3 Å². The highest BCUT2D eigenvalue weighted by Crippen LogP contribution is 2.12. The van der Waals surface area contributed by atoms with Gasteiger partial charge in [-0.05, 0) is 31.4 Å². The monoisotopic (exact) mass is 312 g/mol. The molecule has 1 N–H and O–H groups in total. The van der Waals surface area contributed by atoms with Crippen molar-refractivity contribution in [3.63, 3.8) is 0 Å². The van der Waals surface area contributed by atoms with E-state index in [1.165, 1.54) is 7.11 Å². The Morgan fingerprint density at radius 2 is 2.09 bits per heavy atom. The third-order valence-electron chi connectivity index (χ3n) is 3.52. The predicted molar refractivity (Wildman–Crippen MR) is 89.1 cm³/mol. The van der Waals surface area contributed by atoms with Crippen molar-refractivity contribution in [2.75, 3.05) is 7.11 Å². The minimum atomic E-state index is -0.680. The van der Waals surface area contributed by atoms with Gasteiger partial charge >= 0.3 is 5.97 Å². The molecule has 0 radical (unpaired) electrons. The van der Waals surface area contributed by atoms with Crippen LogP contribution in [0.3, 0.4) is 0 Å². The standard InChI is InChI=1S/C18H20N2O3/c1-3-4-5-10-16(18(22)23-2)20-17(21)15-12-11-13-8-6-7-9-14(13)19-15/h3,6-9,11-12,16H,1,4-5,10H2,2H3,(H,20,21)/t16-/m0/s1. The van der Waals surface area contributed by atoms with E-state index in [2.05, 4.69) is 16.9 Å². The molecule has 1 amide bonds. The van der Waals surface area contributed by atoms with Crippen LogP contribution in [0.5, 0.6) is 0 Å². The summed E-state index contributed by atoms with van der Waals surface area (Å²) in [5, 5.41) is 3.66. The smallest absolute Gasteiger partial charge is 0.328 e. The zero-order valence-electron chi connectivity index (χ0n) is 13.1. The number of aromatic nitrogens is 1. The van der Waals surface area contributed by atoms with Crippen molar-refractivity contribution in [3.05, 3.63) is 54.7 Å². The van der Waals surface area contributed by atoms with Crippen LogP contribution in [-0.2, 0) is 9.53 Å². The van der Waals surface area contributed by atoms with Crippen molar-refractivity contribution >= 4 is 22.8 Å². The van der Waals surface area contributed by atoms with E-state index < -0.39 is 12.0 Å². The Morgan fingerprint density at radius 3 is 2.83 bits per heavy atom. The van der Waals surface area contributed by atoms with Gasteiger partial charge in [0.15, 0.2) is 0 Å². The number of para-hydroxylation sites is 1. The van der Waals surface area contributed by atoms with Gasteiger partial charge in [-0.25, -0.2) is 9.78 Å². The fourth-order valence-electron chi connectivity index (χ4n) is 2.28. The lowest BCUT2D eigenvalue weighted by molar-refractivity contribution is -0.143. The van der Waals surface area contributed by atoms with Gasteiger partial charge in [0.05, 0.1) is 12.6 Å². The number of unbranched alkanes of at least 4 members (excludes halogenated alkanes) is 1. The number of nitrogens with zero attached hydrogens (tertiary/aromatic N) is 1. The van der Waals surface area contributed by atoms with E-state index >= 15 is 0 Å². The lowest BCUT2D eigenvalue weighted by Crippen LogP contribution is -2.41. The largest absolute Gasteiger partial charge is 0.467 e. The molecule has 5 nitrogen and oxygen atoms in total. The molecule has 0 saturated carbocycles. The van der Waals surface area contributed by atoms with E-state index in [1.807, 2.05) is 30.3 Å². The van der Waals surface area contributed by atoms with Crippen molar-refractivity contribution in [3.8, 4) is 0 Å². The summed E-state index contributed by atoms with van der Waals surface area (Å²) >= 11 is 0. The van der Waals surface area contributed by atoms with Crippen LogP contribution in [0.15, 0.2) is 49.1 Å². The highest BCUT2D eigenvalue weighted by atomic mass is 16.5. The van der Waals surface area contributed by atoms with Crippen molar-refractivity contribution in [2.24, 2.45) is 0 Å². The minimum Gasteiger partial charge on any atom is -0.467 e. The fraction of sp³-hybridized carbons (Fsp3) is 0.278. The number of allylic oxidation sites excluding steroid dienone is 1. The maximum absolute atomic E-state index is 12.4. The highest BCUT2D eigenvalue weighted by molar-refractivity contribution is 5.97. The van der Waals surface area contributed by atoms with Crippen LogP contribution in [0.2, 0.25) is 0 Å². The highest BCUT2D eigenvalue weighted by Gasteiger charge is 2.22. The van der Waals surface area contributed by atoms with Crippen LogP contribution in [0, 0.1) is 0 Å². The molecule has 1 aromatic carbocycles. The molecule has 0 bridgehead atoms. The molecule has 1 atom stereocenters. The van der Waals surface area contributed by atoms with Crippen molar-refractivity contribution in [1.82, 2.24) is 10.3 Å². The number of fused-ring (bicyclic) bond motifs is 1. The van der Waals surface area contributed by atoms with Crippen LogP contribution >= 0.6 is 0 Å². The Morgan fingerprint density at radius 1 is 1.30 bits per heavy atom. The van der Waals surface area contributed by atoms with Crippen LogP contribution < -0.4 is 5.32 Å². The first-order valence-corrected chi connectivity index (χ1v) is 7.51. The first-order valence-electron chi connectivity index (χ1n) is 7.51. The molecule has 0 aliphatic rings. The predicted octanol–water partition coefficient (Wildman–Crippen LogP) is 2.86. The Labute approximate surface area is 135 Å². The molecule has 0 unspecified atom stereocenters. The van der Waals surface area contributed by atoms with E-state index in [0.29, 0.717) is 6.42 Å². The van der Waals surface area contributed by atoms with Gasteiger partial charge < -0.3 is 10.1 Å². The lowest BCUT2D eigenvalue weighted by atomic mass is 10.1. The quantitative estimate of drug-likeness (QED) is 0.485. The van der Waals surface area contributed by atoms with Crippen LogP contribution in [0.25, 0.3) is 10.9 Å². The molecule has 5 heteroatoms. The molecule has 0 aliphatic heterocycles. The van der Waals surface area contributed by atoms with E-state index in [1.54, 1.807) is 12.1 Å². The Hall–Kier alpha value is -2.69. The number of hydrogen-bond donors (Lipinski definition) is 1. The summed E-state index contributed by atoms with van der Waals surface area (Å²) in [7, 11) is 1.31. The molecule has 1 heterocycles. The molecule has 23 heavy (non-hydrogen) atoms. The molecule has 0 saturated heterocycles. The molecule has 120 valence electrons. The van der Waals surface area contributed by atoms with Gasteiger partial charge in [0.25, 0.3) is 5.91 Å². The Balaban J connectivity index is 2.12. The first kappa shape index (κ1) is 16.7. The van der Waals surface area contributed by atoms with Gasteiger partial charge in [0.1, 0.15) is 11.7 Å². The number of methoxy groups -OCH3 is 1. The molecule has 0 aliphatic carbocycles. The Kier molecular flexibility index (Phi) is 5.86. The summed E-state index contributed by atoms with van der Waals surface area (Å²) in [6, 6.07) is 10.4. The summed E-state index contributed by atoms with van der Waals surface area (Å²) in [5.74, 6) is -0.840. The van der Waals surface area contributed by atoms with Gasteiger partial charge in [-0.3, -0.25) is 4.79 Å². The maximum Gasteiger partial charge on any atom is 0.328 e. The van der Waals surface area contributed by atoms with Crippen LogP contribution in [0.4, 0.5) is 0 Å². The number of hydrogen-bond acceptors (Lipinski definition) is 4. The molecule has 2 aromatic rings. The molecule has 1 aromatic heterocycles. The summed E-state index contributed by atoms with van der Waals surface area (Å²) in [5.41, 5.74) is 1.02. The summed E-state index contributed by atoms with van der Waals surface area (Å²) < 4.78 is 4.75. The number of pyridine rings is 1. The zero-order chi connectivity index (χ0) is 16.7. The van der Waals surface area contributed by atoms with Gasteiger partial charge in [-0.15, -0.1) is 6.58 Å². The fourth-order valence-corrected chi connectivity index (χ4v) is 2.28. The minimum absolute atomic E-state index is 0.279. The normalized spacial score (nSPS) is 11.7. The number of rotatable bonds is 7. The lowest BCUT2D eigenvalue weighted by Gasteiger charge is -2.16. The third kappa shape index (κ3) is 4.39. The number of nitrogens with one attached hydrogen (secondary N) is 1. The summed E-state index contributed by atoms with van der Waals surface area (Å²) in [6.07, 6.45) is 3.80. The Bertz CT molecular complexity index is 712. The SMILES string of the molecule is C=CCCC[C@H](NC(=O)c1ccc2ccccc2n1)C(=O)OC. The number of benzene rings is 1. The number of carbonyl (C=O) groups excluding carboxylic acids is 2. The average molecular weight is 312 g/mol. The van der Waals surface area contributed by atoms with E-state index in [9.17, 15) is 9.59 Å². The van der Waals surface area contributed by atoms with Gasteiger partial charge in [-0.2, -0.15) is 0 Å². The van der Waals surface area contributed by atoms with Crippen molar-refractivity contribution < 1.29 is 14.3 Å². The van der Waals surface area contributed by atoms with E-state index in [4.69, 9.17) is 4.74 Å². The van der Waals surface area contributed by atoms with Crippen LogP contribution in [0.1, 0.15) is 29.8 Å². The van der Waals surface area contributed by atoms with Crippen molar-refractivity contribution in [2.45, 2.75) is 25.3 Å². The van der Waals surface area contributed by atoms with Crippen molar-refractivity contribution in [1.29, 1.82) is 0 Å². The van der Waals surface area contributed by atoms with E-state index in [-0.39, 0.29) is 11.6 Å². The number of carbonyl (C=O) groups is 2. The molecule has 0 spiro atoms. The van der Waals surface area contributed by atoms with E-state index in [0.717, 1.165) is 23.7 Å². The molecule has 0 fully saturated rings. The third-order valence-corrected chi connectivity index (χ3v) is 3.52. The summed E-state index contributed by atoms with van der Waals surface area (Å²) in [6.45, 7) is 3.65. The number of ether oxygens (including phenoxy) is 1. The first-order chi connectivity index (χ1) is 11.2. The molecule has 2 rings (SSSR count). The second kappa shape index (κ2) is 8.08. The van der Waals surface area contributed by atoms with Crippen LogP contribution in [-0.4, -0.2) is 30.0 Å². The molecular formula is C18H20N2O3. The van der Waals surface area contributed by atoms with Gasteiger partial charge in [0.2, 0.25) is 0 Å². The summed E-state index contributed by atoms with van der Waals surface area (Å²) in [4.78, 5) is 28.5. The number of esters is 1. The second-order valence-corrected chi connectivity index (χ2v) is 5.16. The number of amides is 1.